The fraction of sp³-hybridized carbons (Fsp3) is 0.167. The molecular formula is C18H16N2O5. The SMILES string of the molecule is Cc1ccc(N2NC(=O)C(CC(=O)c3cc(O)ccc3O)C2=O)cc1. The van der Waals surface area contributed by atoms with Gasteiger partial charge in [-0.05, 0) is 37.3 Å². The first-order valence-electron chi connectivity index (χ1n) is 7.63. The molecule has 7 nitrogen and oxygen atoms in total. The van der Waals surface area contributed by atoms with E-state index in [0.29, 0.717) is 5.69 Å². The first kappa shape index (κ1) is 16.5. The zero-order chi connectivity index (χ0) is 18.1. The summed E-state index contributed by atoms with van der Waals surface area (Å²) < 4.78 is 0. The molecule has 3 rings (SSSR count). The number of phenols is 2. The van der Waals surface area contributed by atoms with Gasteiger partial charge in [-0.25, -0.2) is 5.01 Å². The first-order valence-corrected chi connectivity index (χ1v) is 7.63. The Bertz CT molecular complexity index is 860. The summed E-state index contributed by atoms with van der Waals surface area (Å²) in [6.45, 7) is 1.90. The lowest BCUT2D eigenvalue weighted by Crippen LogP contribution is -2.35. The molecule has 2 aromatic rings. The van der Waals surface area contributed by atoms with Crippen LogP contribution in [0.3, 0.4) is 0 Å². The fourth-order valence-electron chi connectivity index (χ4n) is 2.62. The minimum Gasteiger partial charge on any atom is -0.508 e. The van der Waals surface area contributed by atoms with Crippen LogP contribution in [0.5, 0.6) is 11.5 Å². The molecule has 2 amide bonds. The van der Waals surface area contributed by atoms with Crippen LogP contribution in [-0.4, -0.2) is 27.8 Å². The molecule has 0 bridgehead atoms. The smallest absolute Gasteiger partial charge is 0.258 e. The number of nitrogens with one attached hydrogen (secondary N) is 1. The number of nitrogens with zero attached hydrogens (tertiary/aromatic N) is 1. The number of benzene rings is 2. The highest BCUT2D eigenvalue weighted by Crippen LogP contribution is 2.27. The zero-order valence-electron chi connectivity index (χ0n) is 13.4. The molecule has 0 saturated carbocycles. The van der Waals surface area contributed by atoms with Crippen LogP contribution in [0.25, 0.3) is 0 Å². The summed E-state index contributed by atoms with van der Waals surface area (Å²) >= 11 is 0. The minimum absolute atomic E-state index is 0.130. The van der Waals surface area contributed by atoms with Gasteiger partial charge in [-0.1, -0.05) is 17.7 Å². The maximum absolute atomic E-state index is 12.5. The number of hydrazine groups is 1. The van der Waals surface area contributed by atoms with Gasteiger partial charge < -0.3 is 10.2 Å². The lowest BCUT2D eigenvalue weighted by molar-refractivity contribution is -0.127. The molecule has 1 saturated heterocycles. The number of rotatable bonds is 4. The van der Waals surface area contributed by atoms with Crippen molar-refractivity contribution < 1.29 is 24.6 Å². The number of aryl methyl sites for hydroxylation is 1. The number of Topliss-reactive ketones (excluding diaryl/α,β-unsaturated/α-hetero) is 1. The molecular weight excluding hydrogens is 324 g/mol. The molecule has 128 valence electrons. The number of ketones is 1. The number of aromatic hydroxyl groups is 2. The van der Waals surface area contributed by atoms with E-state index in [2.05, 4.69) is 5.43 Å². The quantitative estimate of drug-likeness (QED) is 0.446. The molecule has 1 atom stereocenters. The zero-order valence-corrected chi connectivity index (χ0v) is 13.4. The molecule has 7 heteroatoms. The van der Waals surface area contributed by atoms with Crippen LogP contribution in [0, 0.1) is 12.8 Å². The molecule has 0 aliphatic carbocycles. The Balaban J connectivity index is 1.80. The van der Waals surface area contributed by atoms with Gasteiger partial charge in [-0.2, -0.15) is 0 Å². The molecule has 0 aromatic heterocycles. The predicted molar refractivity (Wildman–Crippen MR) is 89.0 cm³/mol. The highest BCUT2D eigenvalue weighted by molar-refractivity contribution is 6.17. The number of hydrogen-bond acceptors (Lipinski definition) is 5. The summed E-state index contributed by atoms with van der Waals surface area (Å²) in [7, 11) is 0. The Labute approximate surface area is 143 Å². The monoisotopic (exact) mass is 340 g/mol. The van der Waals surface area contributed by atoms with E-state index in [1.165, 1.54) is 12.1 Å². The van der Waals surface area contributed by atoms with Gasteiger partial charge in [0.2, 0.25) is 0 Å². The van der Waals surface area contributed by atoms with Crippen LogP contribution >= 0.6 is 0 Å². The number of amides is 2. The molecule has 25 heavy (non-hydrogen) atoms. The standard InChI is InChI=1S/C18H16N2O5/c1-10-2-4-11(5-3-10)20-18(25)14(17(24)19-20)9-16(23)13-8-12(21)6-7-15(13)22/h2-8,14,21-22H,9H2,1H3,(H,19,24). The van der Waals surface area contributed by atoms with Gasteiger partial charge in [0.25, 0.3) is 11.8 Å². The van der Waals surface area contributed by atoms with Gasteiger partial charge >= 0.3 is 0 Å². The van der Waals surface area contributed by atoms with Crippen molar-refractivity contribution in [2.45, 2.75) is 13.3 Å². The van der Waals surface area contributed by atoms with Gasteiger partial charge in [-0.3, -0.25) is 19.8 Å². The second-order valence-corrected chi connectivity index (χ2v) is 5.87. The number of carbonyl (C=O) groups excluding carboxylic acids is 3. The van der Waals surface area contributed by atoms with Crippen molar-refractivity contribution in [1.82, 2.24) is 5.43 Å². The molecule has 1 aliphatic heterocycles. The van der Waals surface area contributed by atoms with Crippen LogP contribution in [0.1, 0.15) is 22.3 Å². The fourth-order valence-corrected chi connectivity index (χ4v) is 2.62. The summed E-state index contributed by atoms with van der Waals surface area (Å²) in [6, 6.07) is 10.5. The molecule has 0 spiro atoms. The third-order valence-corrected chi connectivity index (χ3v) is 4.02. The van der Waals surface area contributed by atoms with E-state index in [9.17, 15) is 24.6 Å². The summed E-state index contributed by atoms with van der Waals surface area (Å²) in [5.41, 5.74) is 3.83. The average Bonchev–Trinajstić information content (AvgIpc) is 2.86. The van der Waals surface area contributed by atoms with E-state index in [1.807, 2.05) is 6.92 Å². The molecule has 1 fully saturated rings. The average molecular weight is 340 g/mol. The summed E-state index contributed by atoms with van der Waals surface area (Å²) in [4.78, 5) is 36.9. The lowest BCUT2D eigenvalue weighted by Gasteiger charge is -2.15. The summed E-state index contributed by atoms with van der Waals surface area (Å²) in [5.74, 6) is -3.42. The molecule has 2 aromatic carbocycles. The molecule has 1 unspecified atom stereocenters. The van der Waals surface area contributed by atoms with Crippen molar-refractivity contribution in [1.29, 1.82) is 0 Å². The van der Waals surface area contributed by atoms with Crippen molar-refractivity contribution in [3.05, 3.63) is 53.6 Å². The second kappa shape index (κ2) is 6.27. The minimum atomic E-state index is -1.18. The Morgan fingerprint density at radius 1 is 1.12 bits per heavy atom. The Morgan fingerprint density at radius 2 is 1.80 bits per heavy atom. The Morgan fingerprint density at radius 3 is 2.48 bits per heavy atom. The number of phenolic OH excluding ortho intramolecular Hbond substituents is 2. The third kappa shape index (κ3) is 3.16. The van der Waals surface area contributed by atoms with E-state index in [4.69, 9.17) is 0 Å². The Kier molecular flexibility index (Phi) is 4.14. The lowest BCUT2D eigenvalue weighted by atomic mass is 9.97. The topological polar surface area (TPSA) is 107 Å². The predicted octanol–water partition coefficient (Wildman–Crippen LogP) is 1.67. The van der Waals surface area contributed by atoms with Crippen LogP contribution in [0.15, 0.2) is 42.5 Å². The van der Waals surface area contributed by atoms with E-state index < -0.39 is 29.9 Å². The molecule has 3 N–H and O–H groups in total. The van der Waals surface area contributed by atoms with Crippen molar-refractivity contribution in [2.24, 2.45) is 5.92 Å². The van der Waals surface area contributed by atoms with E-state index in [1.54, 1.807) is 24.3 Å². The van der Waals surface area contributed by atoms with Gasteiger partial charge in [0, 0.05) is 6.42 Å². The highest BCUT2D eigenvalue weighted by atomic mass is 16.3. The Hall–Kier alpha value is -3.35. The van der Waals surface area contributed by atoms with Crippen LogP contribution in [0.4, 0.5) is 5.69 Å². The maximum Gasteiger partial charge on any atom is 0.258 e. The molecule has 1 aliphatic rings. The van der Waals surface area contributed by atoms with Gasteiger partial charge in [-0.15, -0.1) is 0 Å². The van der Waals surface area contributed by atoms with Crippen LogP contribution in [0.2, 0.25) is 0 Å². The van der Waals surface area contributed by atoms with Gasteiger partial charge in [0.15, 0.2) is 5.78 Å². The van der Waals surface area contributed by atoms with E-state index >= 15 is 0 Å². The normalized spacial score (nSPS) is 16.8. The highest BCUT2D eigenvalue weighted by Gasteiger charge is 2.41. The number of carbonyl (C=O) groups is 3. The number of anilines is 1. The summed E-state index contributed by atoms with van der Waals surface area (Å²) in [5, 5.41) is 20.3. The van der Waals surface area contributed by atoms with Gasteiger partial charge in [0.1, 0.15) is 17.4 Å². The van der Waals surface area contributed by atoms with Crippen molar-refractivity contribution >= 4 is 23.3 Å². The van der Waals surface area contributed by atoms with Gasteiger partial charge in [0.05, 0.1) is 11.3 Å². The van der Waals surface area contributed by atoms with E-state index in [0.717, 1.165) is 16.6 Å². The van der Waals surface area contributed by atoms with Crippen molar-refractivity contribution in [2.75, 3.05) is 5.01 Å². The van der Waals surface area contributed by atoms with Crippen molar-refractivity contribution in [3.63, 3.8) is 0 Å². The maximum atomic E-state index is 12.5. The third-order valence-electron chi connectivity index (χ3n) is 4.02. The summed E-state index contributed by atoms with van der Waals surface area (Å²) in [6.07, 6.45) is -0.399. The van der Waals surface area contributed by atoms with E-state index in [-0.39, 0.29) is 17.1 Å². The van der Waals surface area contributed by atoms with Crippen molar-refractivity contribution in [3.8, 4) is 11.5 Å². The largest absolute Gasteiger partial charge is 0.508 e. The second-order valence-electron chi connectivity index (χ2n) is 5.87. The van der Waals surface area contributed by atoms with Crippen LogP contribution in [-0.2, 0) is 9.59 Å². The first-order chi connectivity index (χ1) is 11.9. The number of hydrogen-bond donors (Lipinski definition) is 3. The molecule has 0 radical (unpaired) electrons. The van der Waals surface area contributed by atoms with Crippen LogP contribution < -0.4 is 10.4 Å². The molecule has 1 heterocycles.